The predicted octanol–water partition coefficient (Wildman–Crippen LogP) is 2.54. The van der Waals surface area contributed by atoms with Gasteiger partial charge in [-0.05, 0) is 25.5 Å². The normalized spacial score (nSPS) is 16.8. The van der Waals surface area contributed by atoms with E-state index in [1.807, 2.05) is 12.1 Å². The Kier molecular flexibility index (Phi) is 4.87. The first-order valence-corrected chi connectivity index (χ1v) is 8.05. The van der Waals surface area contributed by atoms with Crippen LogP contribution in [0.15, 0.2) is 30.3 Å². The number of benzene rings is 1. The molecule has 1 aromatic carbocycles. The number of carbonyl (C=O) groups is 1. The number of carboxylic acid groups (broad SMARTS) is 1. The molecule has 1 aliphatic heterocycles. The van der Waals surface area contributed by atoms with Crippen LogP contribution in [0.1, 0.15) is 34.7 Å². The molecule has 24 heavy (non-hydrogen) atoms. The van der Waals surface area contributed by atoms with Crippen molar-refractivity contribution in [1.29, 1.82) is 0 Å². The summed E-state index contributed by atoms with van der Waals surface area (Å²) < 4.78 is 5.40. The van der Waals surface area contributed by atoms with Gasteiger partial charge in [-0.2, -0.15) is 0 Å². The smallest absolute Gasteiger partial charge is 0.354 e. The van der Waals surface area contributed by atoms with Crippen molar-refractivity contribution in [2.24, 2.45) is 0 Å². The van der Waals surface area contributed by atoms with E-state index in [4.69, 9.17) is 9.84 Å². The molecule has 0 spiro atoms. The van der Waals surface area contributed by atoms with E-state index in [9.17, 15) is 4.79 Å². The van der Waals surface area contributed by atoms with Crippen molar-refractivity contribution in [3.05, 3.63) is 47.3 Å². The molecule has 0 unspecified atom stereocenters. The van der Waals surface area contributed by atoms with Crippen LogP contribution < -0.4 is 0 Å². The molecule has 1 aromatic heterocycles. The molecular formula is C18H21N3O3. The van der Waals surface area contributed by atoms with Crippen LogP contribution >= 0.6 is 0 Å². The summed E-state index contributed by atoms with van der Waals surface area (Å²) in [5.74, 6) is -0.600. The highest BCUT2D eigenvalue weighted by atomic mass is 16.5. The Hall–Kier alpha value is -2.31. The van der Waals surface area contributed by atoms with Gasteiger partial charge in [-0.25, -0.2) is 14.8 Å². The summed E-state index contributed by atoms with van der Waals surface area (Å²) in [6, 6.07) is 9.81. The number of carboxylic acids is 1. The molecule has 1 N–H and O–H groups in total. The Morgan fingerprint density at radius 2 is 1.88 bits per heavy atom. The Labute approximate surface area is 141 Å². The molecule has 0 aliphatic carbocycles. The SMILES string of the molecule is Cc1cc(C(=O)O)nc(-c2ccc([C@H](C)N3CCOCC3)cc2)n1. The highest BCUT2D eigenvalue weighted by molar-refractivity contribution is 5.86. The average Bonchev–Trinajstić information content (AvgIpc) is 2.61. The molecule has 2 heterocycles. The predicted molar refractivity (Wildman–Crippen MR) is 90.0 cm³/mol. The third kappa shape index (κ3) is 3.60. The minimum atomic E-state index is -1.04. The summed E-state index contributed by atoms with van der Waals surface area (Å²) in [7, 11) is 0. The number of rotatable bonds is 4. The number of aryl methyl sites for hydroxylation is 1. The van der Waals surface area contributed by atoms with Crippen molar-refractivity contribution in [3.63, 3.8) is 0 Å². The molecule has 126 valence electrons. The zero-order chi connectivity index (χ0) is 17.1. The average molecular weight is 327 g/mol. The molecule has 6 nitrogen and oxygen atoms in total. The van der Waals surface area contributed by atoms with E-state index < -0.39 is 5.97 Å². The van der Waals surface area contributed by atoms with Crippen LogP contribution in [0, 0.1) is 6.92 Å². The first-order valence-electron chi connectivity index (χ1n) is 8.05. The molecule has 0 bridgehead atoms. The zero-order valence-electron chi connectivity index (χ0n) is 13.9. The Morgan fingerprint density at radius 3 is 2.50 bits per heavy atom. The lowest BCUT2D eigenvalue weighted by atomic mass is 10.0. The van der Waals surface area contributed by atoms with E-state index in [0.29, 0.717) is 17.6 Å². The number of nitrogens with zero attached hydrogens (tertiary/aromatic N) is 3. The summed E-state index contributed by atoms with van der Waals surface area (Å²) >= 11 is 0. The number of morpholine rings is 1. The molecule has 3 rings (SSSR count). The fourth-order valence-electron chi connectivity index (χ4n) is 2.89. The zero-order valence-corrected chi connectivity index (χ0v) is 13.9. The minimum Gasteiger partial charge on any atom is -0.477 e. The molecule has 0 amide bonds. The van der Waals surface area contributed by atoms with Crippen LogP contribution in [0.3, 0.4) is 0 Å². The molecule has 0 radical (unpaired) electrons. The molecule has 1 aliphatic rings. The fourth-order valence-corrected chi connectivity index (χ4v) is 2.89. The Morgan fingerprint density at radius 1 is 1.21 bits per heavy atom. The number of aromatic nitrogens is 2. The van der Waals surface area contributed by atoms with Gasteiger partial charge in [-0.3, -0.25) is 4.90 Å². The van der Waals surface area contributed by atoms with E-state index >= 15 is 0 Å². The van der Waals surface area contributed by atoms with Gasteiger partial charge in [-0.1, -0.05) is 24.3 Å². The van der Waals surface area contributed by atoms with Crippen molar-refractivity contribution in [2.45, 2.75) is 19.9 Å². The number of aromatic carboxylic acids is 1. The first-order chi connectivity index (χ1) is 11.5. The molecule has 1 fully saturated rings. The second-order valence-electron chi connectivity index (χ2n) is 5.97. The summed E-state index contributed by atoms with van der Waals surface area (Å²) in [5, 5.41) is 9.14. The van der Waals surface area contributed by atoms with Crippen molar-refractivity contribution in [3.8, 4) is 11.4 Å². The summed E-state index contributed by atoms with van der Waals surface area (Å²) in [6.45, 7) is 7.38. The lowest BCUT2D eigenvalue weighted by molar-refractivity contribution is 0.0198. The maximum Gasteiger partial charge on any atom is 0.354 e. The maximum atomic E-state index is 11.1. The van der Waals surface area contributed by atoms with Crippen LogP contribution in [0.25, 0.3) is 11.4 Å². The minimum absolute atomic E-state index is 0.0169. The van der Waals surface area contributed by atoms with Gasteiger partial charge in [0, 0.05) is 30.4 Å². The van der Waals surface area contributed by atoms with E-state index in [1.165, 1.54) is 11.6 Å². The highest BCUT2D eigenvalue weighted by Crippen LogP contribution is 2.24. The quantitative estimate of drug-likeness (QED) is 0.930. The van der Waals surface area contributed by atoms with E-state index in [-0.39, 0.29) is 5.69 Å². The van der Waals surface area contributed by atoms with Gasteiger partial charge < -0.3 is 9.84 Å². The molecular weight excluding hydrogens is 306 g/mol. The summed E-state index contributed by atoms with van der Waals surface area (Å²) in [4.78, 5) is 22.0. The molecule has 0 saturated carbocycles. The molecule has 1 saturated heterocycles. The van der Waals surface area contributed by atoms with E-state index in [1.54, 1.807) is 6.92 Å². The Balaban J connectivity index is 1.83. The van der Waals surface area contributed by atoms with Gasteiger partial charge in [0.05, 0.1) is 13.2 Å². The first kappa shape index (κ1) is 16.5. The van der Waals surface area contributed by atoms with Gasteiger partial charge in [0.25, 0.3) is 0 Å². The third-order valence-electron chi connectivity index (χ3n) is 4.32. The van der Waals surface area contributed by atoms with Crippen molar-refractivity contribution in [1.82, 2.24) is 14.9 Å². The van der Waals surface area contributed by atoms with Crippen LogP contribution in [-0.2, 0) is 4.74 Å². The lowest BCUT2D eigenvalue weighted by Crippen LogP contribution is -2.37. The van der Waals surface area contributed by atoms with E-state index in [0.717, 1.165) is 31.9 Å². The van der Waals surface area contributed by atoms with Crippen molar-refractivity contribution in [2.75, 3.05) is 26.3 Å². The van der Waals surface area contributed by atoms with Crippen molar-refractivity contribution >= 4 is 5.97 Å². The van der Waals surface area contributed by atoms with Gasteiger partial charge in [0.2, 0.25) is 0 Å². The second-order valence-corrected chi connectivity index (χ2v) is 5.97. The van der Waals surface area contributed by atoms with Crippen LogP contribution in [0.5, 0.6) is 0 Å². The van der Waals surface area contributed by atoms with Crippen LogP contribution in [-0.4, -0.2) is 52.2 Å². The second kappa shape index (κ2) is 7.07. The van der Waals surface area contributed by atoms with E-state index in [2.05, 4.69) is 33.9 Å². The summed E-state index contributed by atoms with van der Waals surface area (Å²) in [6.07, 6.45) is 0. The monoisotopic (exact) mass is 327 g/mol. The largest absolute Gasteiger partial charge is 0.477 e. The molecule has 2 aromatic rings. The third-order valence-corrected chi connectivity index (χ3v) is 4.32. The van der Waals surface area contributed by atoms with Crippen molar-refractivity contribution < 1.29 is 14.6 Å². The molecule has 1 atom stereocenters. The van der Waals surface area contributed by atoms with Gasteiger partial charge in [0.15, 0.2) is 11.5 Å². The lowest BCUT2D eigenvalue weighted by Gasteiger charge is -2.32. The van der Waals surface area contributed by atoms with Gasteiger partial charge in [0.1, 0.15) is 0 Å². The van der Waals surface area contributed by atoms with Crippen LogP contribution in [0.2, 0.25) is 0 Å². The Bertz CT molecular complexity index is 725. The molecule has 6 heteroatoms. The van der Waals surface area contributed by atoms with Gasteiger partial charge in [-0.15, -0.1) is 0 Å². The van der Waals surface area contributed by atoms with Crippen LogP contribution in [0.4, 0.5) is 0 Å². The fraction of sp³-hybridized carbons (Fsp3) is 0.389. The van der Waals surface area contributed by atoms with Gasteiger partial charge >= 0.3 is 5.97 Å². The maximum absolute atomic E-state index is 11.1. The number of hydrogen-bond acceptors (Lipinski definition) is 5. The number of ether oxygens (including phenoxy) is 1. The standard InChI is InChI=1S/C18H21N3O3/c1-12-11-16(18(22)23)20-17(19-12)15-5-3-14(4-6-15)13(2)21-7-9-24-10-8-21/h3-6,11,13H,7-10H2,1-2H3,(H,22,23)/t13-/m0/s1. The topological polar surface area (TPSA) is 75.5 Å². The summed E-state index contributed by atoms with van der Waals surface area (Å²) in [5.41, 5.74) is 2.69. The number of hydrogen-bond donors (Lipinski definition) is 1. The highest BCUT2D eigenvalue weighted by Gasteiger charge is 2.18.